The molecule has 2 unspecified atom stereocenters. The second kappa shape index (κ2) is 4.77. The van der Waals surface area contributed by atoms with Gasteiger partial charge in [0.15, 0.2) is 0 Å². The number of nitrogens with zero attached hydrogens (tertiary/aromatic N) is 2. The Kier molecular flexibility index (Phi) is 3.17. The zero-order valence-corrected chi connectivity index (χ0v) is 10.1. The van der Waals surface area contributed by atoms with Crippen molar-refractivity contribution in [3.63, 3.8) is 0 Å². The number of hydrogen-bond acceptors (Lipinski definition) is 5. The first-order valence-corrected chi connectivity index (χ1v) is 6.91. The van der Waals surface area contributed by atoms with Gasteiger partial charge in [0, 0.05) is 19.1 Å². The van der Waals surface area contributed by atoms with E-state index >= 15 is 0 Å². The van der Waals surface area contributed by atoms with E-state index in [4.69, 9.17) is 4.74 Å². The SMILES string of the molecule is C1CNCC(c2nnc(C3CCCO3)s2)C1. The van der Waals surface area contributed by atoms with E-state index in [0.29, 0.717) is 5.92 Å². The summed E-state index contributed by atoms with van der Waals surface area (Å²) in [4.78, 5) is 0. The number of ether oxygens (including phenoxy) is 1. The molecule has 1 aromatic rings. The molecule has 2 aliphatic heterocycles. The Morgan fingerprint density at radius 2 is 2.12 bits per heavy atom. The van der Waals surface area contributed by atoms with Crippen LogP contribution in [0.25, 0.3) is 0 Å². The summed E-state index contributed by atoms with van der Waals surface area (Å²) >= 11 is 1.75. The van der Waals surface area contributed by atoms with Crippen LogP contribution in [0.5, 0.6) is 0 Å². The van der Waals surface area contributed by atoms with E-state index < -0.39 is 0 Å². The molecule has 2 aliphatic rings. The average molecular weight is 239 g/mol. The van der Waals surface area contributed by atoms with Gasteiger partial charge in [-0.05, 0) is 32.2 Å². The van der Waals surface area contributed by atoms with Crippen molar-refractivity contribution in [3.8, 4) is 0 Å². The van der Waals surface area contributed by atoms with E-state index in [1.54, 1.807) is 11.3 Å². The van der Waals surface area contributed by atoms with Crippen LogP contribution >= 0.6 is 11.3 Å². The van der Waals surface area contributed by atoms with Crippen molar-refractivity contribution in [2.45, 2.75) is 37.7 Å². The normalized spacial score (nSPS) is 30.8. The van der Waals surface area contributed by atoms with Crippen LogP contribution in [-0.2, 0) is 4.74 Å². The lowest BCUT2D eigenvalue weighted by atomic mass is 10.0. The summed E-state index contributed by atoms with van der Waals surface area (Å²) in [5.41, 5.74) is 0. The number of piperidine rings is 1. The standard InChI is InChI=1S/C11H17N3OS/c1-3-8(7-12-5-1)10-13-14-11(16-10)9-4-2-6-15-9/h8-9,12H,1-7H2. The lowest BCUT2D eigenvalue weighted by Gasteiger charge is -2.19. The Morgan fingerprint density at radius 3 is 2.88 bits per heavy atom. The second-order valence-corrected chi connectivity index (χ2v) is 5.56. The number of rotatable bonds is 2. The van der Waals surface area contributed by atoms with Gasteiger partial charge in [0.1, 0.15) is 16.1 Å². The Balaban J connectivity index is 1.71. The zero-order valence-electron chi connectivity index (χ0n) is 9.32. The molecular formula is C11H17N3OS. The molecule has 5 heteroatoms. The van der Waals surface area contributed by atoms with Crippen LogP contribution in [0.3, 0.4) is 0 Å². The maximum atomic E-state index is 5.63. The molecule has 0 aliphatic carbocycles. The summed E-state index contributed by atoms with van der Waals surface area (Å²) in [6.07, 6.45) is 4.98. The highest BCUT2D eigenvalue weighted by atomic mass is 32.1. The first-order valence-electron chi connectivity index (χ1n) is 6.09. The van der Waals surface area contributed by atoms with Gasteiger partial charge in [-0.2, -0.15) is 0 Å². The molecule has 4 nitrogen and oxygen atoms in total. The third-order valence-corrected chi connectivity index (χ3v) is 4.49. The quantitative estimate of drug-likeness (QED) is 0.855. The zero-order chi connectivity index (χ0) is 10.8. The monoisotopic (exact) mass is 239 g/mol. The maximum Gasteiger partial charge on any atom is 0.146 e. The van der Waals surface area contributed by atoms with E-state index in [1.165, 1.54) is 17.8 Å². The first-order chi connectivity index (χ1) is 7.93. The van der Waals surface area contributed by atoms with Crippen molar-refractivity contribution in [1.82, 2.24) is 15.5 Å². The van der Waals surface area contributed by atoms with Crippen LogP contribution in [0.15, 0.2) is 0 Å². The molecule has 0 saturated carbocycles. The van der Waals surface area contributed by atoms with Crippen LogP contribution in [0.1, 0.15) is 47.7 Å². The lowest BCUT2D eigenvalue weighted by Crippen LogP contribution is -2.28. The largest absolute Gasteiger partial charge is 0.371 e. The molecule has 0 radical (unpaired) electrons. The third-order valence-electron chi connectivity index (χ3n) is 3.31. The number of hydrogen-bond donors (Lipinski definition) is 1. The van der Waals surface area contributed by atoms with E-state index in [9.17, 15) is 0 Å². The predicted molar refractivity (Wildman–Crippen MR) is 62.7 cm³/mol. The number of nitrogens with one attached hydrogen (secondary N) is 1. The van der Waals surface area contributed by atoms with Gasteiger partial charge in [-0.1, -0.05) is 11.3 Å². The summed E-state index contributed by atoms with van der Waals surface area (Å²) in [6, 6.07) is 0. The van der Waals surface area contributed by atoms with Gasteiger partial charge in [0.2, 0.25) is 0 Å². The van der Waals surface area contributed by atoms with E-state index in [1.807, 2.05) is 0 Å². The average Bonchev–Trinajstić information content (AvgIpc) is 3.01. The topological polar surface area (TPSA) is 47.0 Å². The highest BCUT2D eigenvalue weighted by Crippen LogP contribution is 2.33. The molecule has 0 aromatic carbocycles. The molecule has 0 spiro atoms. The van der Waals surface area contributed by atoms with Gasteiger partial charge >= 0.3 is 0 Å². The lowest BCUT2D eigenvalue weighted by molar-refractivity contribution is 0.111. The van der Waals surface area contributed by atoms with Gasteiger partial charge in [0.05, 0.1) is 0 Å². The molecule has 88 valence electrons. The highest BCUT2D eigenvalue weighted by molar-refractivity contribution is 7.11. The van der Waals surface area contributed by atoms with Gasteiger partial charge in [0.25, 0.3) is 0 Å². The smallest absolute Gasteiger partial charge is 0.146 e. The van der Waals surface area contributed by atoms with Crippen LogP contribution in [0.2, 0.25) is 0 Å². The Hall–Kier alpha value is -0.520. The van der Waals surface area contributed by atoms with Gasteiger partial charge in [-0.15, -0.1) is 10.2 Å². The van der Waals surface area contributed by atoms with E-state index in [2.05, 4.69) is 15.5 Å². The molecule has 0 bridgehead atoms. The molecule has 2 atom stereocenters. The van der Waals surface area contributed by atoms with Crippen molar-refractivity contribution in [2.75, 3.05) is 19.7 Å². The molecule has 2 saturated heterocycles. The fourth-order valence-corrected chi connectivity index (χ4v) is 3.44. The Labute approximate surface area is 99.4 Å². The molecule has 2 fully saturated rings. The molecule has 16 heavy (non-hydrogen) atoms. The molecule has 3 heterocycles. The molecule has 3 rings (SSSR count). The maximum absolute atomic E-state index is 5.63. The Morgan fingerprint density at radius 1 is 1.19 bits per heavy atom. The second-order valence-electron chi connectivity index (χ2n) is 4.52. The van der Waals surface area contributed by atoms with E-state index in [-0.39, 0.29) is 6.10 Å². The van der Waals surface area contributed by atoms with Gasteiger partial charge in [-0.3, -0.25) is 0 Å². The summed E-state index contributed by atoms with van der Waals surface area (Å²) in [7, 11) is 0. The fraction of sp³-hybridized carbons (Fsp3) is 0.818. The van der Waals surface area contributed by atoms with Crippen molar-refractivity contribution in [3.05, 3.63) is 10.0 Å². The summed E-state index contributed by atoms with van der Waals surface area (Å²) in [5.74, 6) is 0.571. The molecule has 0 amide bonds. The molecule has 1 N–H and O–H groups in total. The van der Waals surface area contributed by atoms with Gasteiger partial charge in [-0.25, -0.2) is 0 Å². The predicted octanol–water partition coefficient (Wildman–Crippen LogP) is 1.86. The van der Waals surface area contributed by atoms with Crippen LogP contribution < -0.4 is 5.32 Å². The summed E-state index contributed by atoms with van der Waals surface area (Å²) in [5, 5.41) is 14.3. The highest BCUT2D eigenvalue weighted by Gasteiger charge is 2.25. The van der Waals surface area contributed by atoms with Crippen LogP contribution in [0, 0.1) is 0 Å². The summed E-state index contributed by atoms with van der Waals surface area (Å²) < 4.78 is 5.63. The van der Waals surface area contributed by atoms with Crippen molar-refractivity contribution < 1.29 is 4.74 Å². The van der Waals surface area contributed by atoms with Crippen LogP contribution in [0.4, 0.5) is 0 Å². The minimum atomic E-state index is 0.225. The fourth-order valence-electron chi connectivity index (χ4n) is 2.38. The van der Waals surface area contributed by atoms with Crippen LogP contribution in [-0.4, -0.2) is 29.9 Å². The van der Waals surface area contributed by atoms with E-state index in [0.717, 1.165) is 37.5 Å². The minimum Gasteiger partial charge on any atom is -0.371 e. The molecule has 1 aromatic heterocycles. The van der Waals surface area contributed by atoms with Crippen molar-refractivity contribution in [1.29, 1.82) is 0 Å². The minimum absolute atomic E-state index is 0.225. The Bertz CT molecular complexity index is 343. The number of aromatic nitrogens is 2. The summed E-state index contributed by atoms with van der Waals surface area (Å²) in [6.45, 7) is 3.08. The first kappa shape index (κ1) is 10.6. The molecular weight excluding hydrogens is 222 g/mol. The van der Waals surface area contributed by atoms with Crippen molar-refractivity contribution in [2.24, 2.45) is 0 Å². The van der Waals surface area contributed by atoms with Gasteiger partial charge < -0.3 is 10.1 Å². The van der Waals surface area contributed by atoms with Crippen molar-refractivity contribution >= 4 is 11.3 Å². The third kappa shape index (κ3) is 2.12.